The Morgan fingerprint density at radius 1 is 0.308 bits per heavy atom. The molecule has 0 bridgehead atoms. The van der Waals surface area contributed by atoms with Crippen molar-refractivity contribution in [2.24, 2.45) is 0 Å². The van der Waals surface area contributed by atoms with Crippen molar-refractivity contribution in [1.82, 2.24) is 9.13 Å². The zero-order valence-corrected chi connectivity index (χ0v) is 29.5. The first-order chi connectivity index (χ1) is 25.8. The zero-order valence-electron chi connectivity index (χ0n) is 27.9. The average molecular weight is 697 g/mol. The molecule has 0 atom stereocenters. The minimum atomic E-state index is 1.16. The Labute approximate surface area is 306 Å². The molecule has 242 valence electrons. The number of para-hydroxylation sites is 3. The molecule has 4 heteroatoms. The zero-order chi connectivity index (χ0) is 33.9. The molecule has 0 aliphatic carbocycles. The van der Waals surface area contributed by atoms with Crippen LogP contribution in [0.25, 0.3) is 106 Å². The summed E-state index contributed by atoms with van der Waals surface area (Å²) in [5.74, 6) is 0. The molecule has 8 aromatic carbocycles. The van der Waals surface area contributed by atoms with Gasteiger partial charge < -0.3 is 9.13 Å². The van der Waals surface area contributed by atoms with Crippen LogP contribution in [0.2, 0.25) is 0 Å². The first kappa shape index (κ1) is 28.5. The molecule has 52 heavy (non-hydrogen) atoms. The fraction of sp³-hybridized carbons (Fsp3) is 0. The fourth-order valence-corrected chi connectivity index (χ4v) is 10.9. The van der Waals surface area contributed by atoms with Crippen LogP contribution in [0.1, 0.15) is 0 Å². The van der Waals surface area contributed by atoms with Crippen LogP contribution in [-0.4, -0.2) is 9.13 Å². The van der Waals surface area contributed by atoms with E-state index >= 15 is 0 Å². The van der Waals surface area contributed by atoms with Crippen molar-refractivity contribution < 1.29 is 0 Å². The number of hydrogen-bond acceptors (Lipinski definition) is 2. The standard InChI is InChI=1S/C48H28N2S2/c1-6-19-40(50-42-21-8-3-16-33(42)37-26-39-35-18-5-10-23-46(35)52-48(39)28-44(37)50)31(14-1)29-12-11-13-30(24-29)49-41-20-7-2-15-32(41)36-25-38-34-17-4-9-22-45(34)51-47(38)27-43(36)49/h1-28H. The topological polar surface area (TPSA) is 9.86 Å². The first-order valence-electron chi connectivity index (χ1n) is 17.7. The molecule has 12 rings (SSSR count). The molecule has 0 N–H and O–H groups in total. The molecule has 0 aliphatic rings. The lowest BCUT2D eigenvalue weighted by molar-refractivity contribution is 1.17. The molecule has 4 heterocycles. The lowest BCUT2D eigenvalue weighted by Crippen LogP contribution is -1.98. The molecule has 0 amide bonds. The molecule has 0 spiro atoms. The lowest BCUT2D eigenvalue weighted by Gasteiger charge is -2.15. The second-order valence-electron chi connectivity index (χ2n) is 13.7. The molecule has 4 aromatic heterocycles. The van der Waals surface area contributed by atoms with Crippen molar-refractivity contribution >= 4 is 107 Å². The van der Waals surface area contributed by atoms with Gasteiger partial charge in [-0.15, -0.1) is 22.7 Å². The molecular weight excluding hydrogens is 669 g/mol. The summed E-state index contributed by atoms with van der Waals surface area (Å²) in [6, 6.07) is 62.9. The third-order valence-electron chi connectivity index (χ3n) is 10.9. The Bertz CT molecular complexity index is 3420. The summed E-state index contributed by atoms with van der Waals surface area (Å²) < 4.78 is 10.2. The van der Waals surface area contributed by atoms with Crippen LogP contribution in [0.5, 0.6) is 0 Å². The summed E-state index contributed by atoms with van der Waals surface area (Å²) in [7, 11) is 0. The van der Waals surface area contributed by atoms with E-state index in [0.29, 0.717) is 0 Å². The van der Waals surface area contributed by atoms with Crippen molar-refractivity contribution in [3.63, 3.8) is 0 Å². The Balaban J connectivity index is 1.10. The van der Waals surface area contributed by atoms with Crippen molar-refractivity contribution in [3.8, 4) is 22.5 Å². The van der Waals surface area contributed by atoms with Crippen LogP contribution < -0.4 is 0 Å². The summed E-state index contributed by atoms with van der Waals surface area (Å²) in [5.41, 5.74) is 9.65. The minimum Gasteiger partial charge on any atom is -0.309 e. The predicted octanol–water partition coefficient (Wildman–Crippen LogP) is 14.3. The van der Waals surface area contributed by atoms with Crippen molar-refractivity contribution in [2.75, 3.05) is 0 Å². The van der Waals surface area contributed by atoms with Gasteiger partial charge in [0.15, 0.2) is 0 Å². The number of aromatic nitrogens is 2. The number of rotatable bonds is 3. The van der Waals surface area contributed by atoms with E-state index in [9.17, 15) is 0 Å². The summed E-state index contributed by atoms with van der Waals surface area (Å²) >= 11 is 3.76. The maximum absolute atomic E-state index is 2.48. The molecule has 0 unspecified atom stereocenters. The van der Waals surface area contributed by atoms with Gasteiger partial charge in [0, 0.05) is 73.1 Å². The maximum Gasteiger partial charge on any atom is 0.0555 e. The van der Waals surface area contributed by atoms with Crippen LogP contribution in [0.3, 0.4) is 0 Å². The average Bonchev–Trinajstić information content (AvgIpc) is 3.93. The van der Waals surface area contributed by atoms with E-state index in [0.717, 1.165) is 5.69 Å². The summed E-state index contributed by atoms with van der Waals surface area (Å²) in [4.78, 5) is 0. The van der Waals surface area contributed by atoms with E-state index in [-0.39, 0.29) is 0 Å². The smallest absolute Gasteiger partial charge is 0.0555 e. The Morgan fingerprint density at radius 2 is 0.827 bits per heavy atom. The van der Waals surface area contributed by atoms with Gasteiger partial charge in [0.1, 0.15) is 0 Å². The van der Waals surface area contributed by atoms with Crippen LogP contribution in [0, 0.1) is 0 Å². The second-order valence-corrected chi connectivity index (χ2v) is 15.9. The highest BCUT2D eigenvalue weighted by Gasteiger charge is 2.19. The Morgan fingerprint density at radius 3 is 1.48 bits per heavy atom. The SMILES string of the molecule is c1cc(-c2ccccc2-n2c3ccccc3c3cc4c(cc32)sc2ccccc24)cc(-n2c3ccccc3c3cc4c(cc32)sc2ccccc24)c1. The van der Waals surface area contributed by atoms with E-state index in [1.807, 2.05) is 22.7 Å². The Hall–Kier alpha value is -6.20. The van der Waals surface area contributed by atoms with Crippen LogP contribution >= 0.6 is 22.7 Å². The minimum absolute atomic E-state index is 1.16. The molecular formula is C48H28N2S2. The van der Waals surface area contributed by atoms with Gasteiger partial charge in [-0.2, -0.15) is 0 Å². The highest BCUT2D eigenvalue weighted by molar-refractivity contribution is 7.26. The number of fused-ring (bicyclic) bond motifs is 12. The molecule has 12 aromatic rings. The van der Waals surface area contributed by atoms with Crippen LogP contribution in [-0.2, 0) is 0 Å². The highest BCUT2D eigenvalue weighted by atomic mass is 32.1. The van der Waals surface area contributed by atoms with Gasteiger partial charge in [-0.3, -0.25) is 0 Å². The quantitative estimate of drug-likeness (QED) is 0.174. The molecule has 0 radical (unpaired) electrons. The predicted molar refractivity (Wildman–Crippen MR) is 226 cm³/mol. The maximum atomic E-state index is 2.48. The van der Waals surface area contributed by atoms with Crippen molar-refractivity contribution in [3.05, 3.63) is 170 Å². The van der Waals surface area contributed by atoms with E-state index in [1.54, 1.807) is 0 Å². The lowest BCUT2D eigenvalue weighted by atomic mass is 10.0. The van der Waals surface area contributed by atoms with Crippen molar-refractivity contribution in [2.45, 2.75) is 0 Å². The number of nitrogens with zero attached hydrogens (tertiary/aromatic N) is 2. The third kappa shape index (κ3) is 3.93. The third-order valence-corrected chi connectivity index (χ3v) is 13.2. The Kier molecular flexibility index (Phi) is 5.84. The highest BCUT2D eigenvalue weighted by Crippen LogP contribution is 2.44. The summed E-state index contributed by atoms with van der Waals surface area (Å²) in [5, 5.41) is 10.4. The van der Waals surface area contributed by atoms with Crippen LogP contribution in [0.15, 0.2) is 170 Å². The molecule has 0 saturated heterocycles. The van der Waals surface area contributed by atoms with Gasteiger partial charge in [-0.1, -0.05) is 103 Å². The van der Waals surface area contributed by atoms with Gasteiger partial charge in [0.25, 0.3) is 0 Å². The van der Waals surface area contributed by atoms with E-state index in [4.69, 9.17) is 0 Å². The number of benzene rings is 8. The summed E-state index contributed by atoms with van der Waals surface area (Å²) in [6.45, 7) is 0. The van der Waals surface area contributed by atoms with E-state index in [1.165, 1.54) is 101 Å². The normalized spacial score (nSPS) is 12.2. The van der Waals surface area contributed by atoms with Gasteiger partial charge in [0.2, 0.25) is 0 Å². The van der Waals surface area contributed by atoms with Gasteiger partial charge in [-0.25, -0.2) is 0 Å². The first-order valence-corrected chi connectivity index (χ1v) is 19.3. The van der Waals surface area contributed by atoms with Crippen molar-refractivity contribution in [1.29, 1.82) is 0 Å². The summed E-state index contributed by atoms with van der Waals surface area (Å²) in [6.07, 6.45) is 0. The second kappa shape index (κ2) is 10.7. The van der Waals surface area contributed by atoms with E-state index < -0.39 is 0 Å². The van der Waals surface area contributed by atoms with Gasteiger partial charge in [-0.05, 0) is 72.3 Å². The largest absolute Gasteiger partial charge is 0.309 e. The molecule has 0 saturated carbocycles. The van der Waals surface area contributed by atoms with Gasteiger partial charge >= 0.3 is 0 Å². The monoisotopic (exact) mass is 696 g/mol. The van der Waals surface area contributed by atoms with E-state index in [2.05, 4.69) is 179 Å². The van der Waals surface area contributed by atoms with Gasteiger partial charge in [0.05, 0.1) is 27.8 Å². The molecule has 0 aliphatic heterocycles. The molecule has 0 fully saturated rings. The van der Waals surface area contributed by atoms with Crippen LogP contribution in [0.4, 0.5) is 0 Å². The number of thiophene rings is 2. The fourth-order valence-electron chi connectivity index (χ4n) is 8.64. The molecule has 2 nitrogen and oxygen atoms in total. The number of hydrogen-bond donors (Lipinski definition) is 0.